The molecule has 0 rings (SSSR count). The average molecular weight is 246 g/mol. The van der Waals surface area contributed by atoms with Crippen LogP contribution < -0.4 is 0 Å². The molecule has 0 fully saturated rings. The zero-order chi connectivity index (χ0) is 11.5. The molecule has 3 heteroatoms. The van der Waals surface area contributed by atoms with Crippen molar-refractivity contribution in [3.63, 3.8) is 0 Å². The Morgan fingerprint density at radius 1 is 1.07 bits per heavy atom. The molecule has 0 radical (unpaired) electrons. The Balaban J connectivity index is 3.24. The van der Waals surface area contributed by atoms with Gasteiger partial charge in [0.15, 0.2) is 5.78 Å². The first kappa shape index (κ1) is 15.1. The second-order valence-corrected chi connectivity index (χ2v) is 5.27. The summed E-state index contributed by atoms with van der Waals surface area (Å²) in [6, 6.07) is 0. The Morgan fingerprint density at radius 3 is 2.13 bits per heavy atom. The number of thiocarbonyl (C=S) groups is 1. The van der Waals surface area contributed by atoms with Crippen LogP contribution in [0.4, 0.5) is 0 Å². The summed E-state index contributed by atoms with van der Waals surface area (Å²) in [5.74, 6) is 0.158. The lowest BCUT2D eigenvalue weighted by Gasteiger charge is -2.01. The highest BCUT2D eigenvalue weighted by Crippen LogP contribution is 2.10. The van der Waals surface area contributed by atoms with Crippen LogP contribution >= 0.6 is 24.0 Å². The quantitative estimate of drug-likeness (QED) is 0.444. The smallest absolute Gasteiger partial charge is 0.180 e. The average Bonchev–Trinajstić information content (AvgIpc) is 2.26. The molecule has 0 aromatic heterocycles. The maximum Gasteiger partial charge on any atom is 0.180 e. The zero-order valence-electron chi connectivity index (χ0n) is 9.88. The van der Waals surface area contributed by atoms with Crippen molar-refractivity contribution in [2.75, 3.05) is 6.26 Å². The molecule has 88 valence electrons. The summed E-state index contributed by atoms with van der Waals surface area (Å²) in [5.41, 5.74) is 0. The normalized spacial score (nSPS) is 10.3. The molecular weight excluding hydrogens is 224 g/mol. The summed E-state index contributed by atoms with van der Waals surface area (Å²) >= 11 is 6.32. The van der Waals surface area contributed by atoms with E-state index < -0.39 is 0 Å². The first-order valence-corrected chi connectivity index (χ1v) is 7.46. The summed E-state index contributed by atoms with van der Waals surface area (Å²) in [6.45, 7) is 2.22. The van der Waals surface area contributed by atoms with Gasteiger partial charge in [0.25, 0.3) is 0 Å². The summed E-state index contributed by atoms with van der Waals surface area (Å²) in [7, 11) is 0. The van der Waals surface area contributed by atoms with Crippen molar-refractivity contribution >= 4 is 34.0 Å². The van der Waals surface area contributed by atoms with Crippen molar-refractivity contribution in [3.8, 4) is 0 Å². The fourth-order valence-corrected chi connectivity index (χ4v) is 1.89. The van der Waals surface area contributed by atoms with Crippen LogP contribution in [-0.2, 0) is 4.79 Å². The fraction of sp³-hybridized carbons (Fsp3) is 0.833. The van der Waals surface area contributed by atoms with Gasteiger partial charge in [0.2, 0.25) is 0 Å². The van der Waals surface area contributed by atoms with E-state index >= 15 is 0 Å². The Labute approximate surface area is 103 Å². The Hall–Kier alpha value is 0.110. The van der Waals surface area contributed by atoms with E-state index in [1.54, 1.807) is 0 Å². The maximum atomic E-state index is 11.3. The number of hydrogen-bond donors (Lipinski definition) is 0. The standard InChI is InChI=1S/C12H22OS2/c1-3-4-5-6-7-8-9-10-11(13)12(14)15-2/h3-10H2,1-2H3. The van der Waals surface area contributed by atoms with Gasteiger partial charge in [0, 0.05) is 6.42 Å². The highest BCUT2D eigenvalue weighted by Gasteiger charge is 2.06. The molecule has 0 unspecified atom stereocenters. The summed E-state index contributed by atoms with van der Waals surface area (Å²) in [4.78, 5) is 11.3. The number of rotatable bonds is 9. The van der Waals surface area contributed by atoms with E-state index in [9.17, 15) is 4.79 Å². The van der Waals surface area contributed by atoms with Gasteiger partial charge in [-0.25, -0.2) is 0 Å². The number of hydrogen-bond acceptors (Lipinski definition) is 3. The Morgan fingerprint density at radius 2 is 1.60 bits per heavy atom. The van der Waals surface area contributed by atoms with E-state index in [0.29, 0.717) is 10.6 Å². The van der Waals surface area contributed by atoms with Crippen LogP contribution in [0.3, 0.4) is 0 Å². The van der Waals surface area contributed by atoms with Gasteiger partial charge in [-0.15, -0.1) is 11.8 Å². The van der Waals surface area contributed by atoms with Crippen molar-refractivity contribution in [2.45, 2.75) is 58.3 Å². The van der Waals surface area contributed by atoms with Gasteiger partial charge in [-0.1, -0.05) is 57.7 Å². The Bertz CT molecular complexity index is 190. The minimum Gasteiger partial charge on any atom is -0.293 e. The van der Waals surface area contributed by atoms with Gasteiger partial charge in [0.1, 0.15) is 4.20 Å². The molecule has 15 heavy (non-hydrogen) atoms. The minimum atomic E-state index is 0.158. The van der Waals surface area contributed by atoms with E-state index in [0.717, 1.165) is 6.42 Å². The molecule has 0 aliphatic carbocycles. The second kappa shape index (κ2) is 10.6. The molecule has 0 heterocycles. The van der Waals surface area contributed by atoms with Gasteiger partial charge < -0.3 is 0 Å². The zero-order valence-corrected chi connectivity index (χ0v) is 11.5. The third-order valence-corrected chi connectivity index (χ3v) is 3.75. The molecule has 0 saturated carbocycles. The lowest BCUT2D eigenvalue weighted by atomic mass is 10.1. The first-order valence-electron chi connectivity index (χ1n) is 5.83. The highest BCUT2D eigenvalue weighted by atomic mass is 32.2. The van der Waals surface area contributed by atoms with Gasteiger partial charge >= 0.3 is 0 Å². The number of Topliss-reactive ketones (excluding diaryl/α,β-unsaturated/α-hetero) is 1. The van der Waals surface area contributed by atoms with Crippen LogP contribution in [0.2, 0.25) is 0 Å². The predicted molar refractivity (Wildman–Crippen MR) is 73.7 cm³/mol. The van der Waals surface area contributed by atoms with Crippen LogP contribution in [0.1, 0.15) is 58.3 Å². The topological polar surface area (TPSA) is 17.1 Å². The van der Waals surface area contributed by atoms with Crippen LogP contribution in [0.25, 0.3) is 0 Å². The molecule has 0 saturated heterocycles. The molecule has 1 nitrogen and oxygen atoms in total. The predicted octanol–water partition coefficient (Wildman–Crippen LogP) is 4.39. The van der Waals surface area contributed by atoms with Crippen molar-refractivity contribution in [3.05, 3.63) is 0 Å². The van der Waals surface area contributed by atoms with E-state index in [4.69, 9.17) is 12.2 Å². The van der Waals surface area contributed by atoms with Gasteiger partial charge in [-0.05, 0) is 12.7 Å². The molecule has 0 bridgehead atoms. The minimum absolute atomic E-state index is 0.158. The number of carbonyl (C=O) groups excluding carboxylic acids is 1. The fourth-order valence-electron chi connectivity index (χ4n) is 1.46. The monoisotopic (exact) mass is 246 g/mol. The molecule has 0 aromatic carbocycles. The molecular formula is C12H22OS2. The van der Waals surface area contributed by atoms with Crippen molar-refractivity contribution in [1.82, 2.24) is 0 Å². The summed E-state index contributed by atoms with van der Waals surface area (Å²) < 4.78 is 0.543. The van der Waals surface area contributed by atoms with Gasteiger partial charge in [0.05, 0.1) is 0 Å². The number of thioether (sulfide) groups is 1. The molecule has 0 spiro atoms. The Kier molecular flexibility index (Phi) is 10.7. The lowest BCUT2D eigenvalue weighted by Crippen LogP contribution is -2.06. The van der Waals surface area contributed by atoms with Crippen LogP contribution in [-0.4, -0.2) is 16.2 Å². The van der Waals surface area contributed by atoms with E-state index in [-0.39, 0.29) is 5.78 Å². The summed E-state index contributed by atoms with van der Waals surface area (Å²) in [5, 5.41) is 0. The van der Waals surface area contributed by atoms with Gasteiger partial charge in [-0.2, -0.15) is 0 Å². The highest BCUT2D eigenvalue weighted by molar-refractivity contribution is 8.24. The van der Waals surface area contributed by atoms with E-state index in [2.05, 4.69) is 6.92 Å². The largest absolute Gasteiger partial charge is 0.293 e. The number of unbranched alkanes of at least 4 members (excludes halogenated alkanes) is 6. The number of ketones is 1. The van der Waals surface area contributed by atoms with Crippen LogP contribution in [0, 0.1) is 0 Å². The molecule has 0 aromatic rings. The lowest BCUT2D eigenvalue weighted by molar-refractivity contribution is -0.112. The van der Waals surface area contributed by atoms with E-state index in [1.165, 1.54) is 50.3 Å². The SMILES string of the molecule is CCCCCCCCCC(=O)C(=S)SC. The maximum absolute atomic E-state index is 11.3. The first-order chi connectivity index (χ1) is 7.22. The van der Waals surface area contributed by atoms with Crippen molar-refractivity contribution in [1.29, 1.82) is 0 Å². The number of carbonyl (C=O) groups is 1. The molecule has 0 amide bonds. The molecule has 0 N–H and O–H groups in total. The second-order valence-electron chi connectivity index (χ2n) is 3.79. The molecule has 0 atom stereocenters. The summed E-state index contributed by atoms with van der Waals surface area (Å²) in [6.07, 6.45) is 11.2. The molecule has 0 aliphatic rings. The van der Waals surface area contributed by atoms with Crippen molar-refractivity contribution in [2.24, 2.45) is 0 Å². The third kappa shape index (κ3) is 9.06. The van der Waals surface area contributed by atoms with E-state index in [1.807, 2.05) is 6.26 Å². The third-order valence-electron chi connectivity index (χ3n) is 2.42. The van der Waals surface area contributed by atoms with Gasteiger partial charge in [-0.3, -0.25) is 4.79 Å². The van der Waals surface area contributed by atoms with Crippen LogP contribution in [0.5, 0.6) is 0 Å². The van der Waals surface area contributed by atoms with Crippen LogP contribution in [0.15, 0.2) is 0 Å². The van der Waals surface area contributed by atoms with Crippen molar-refractivity contribution < 1.29 is 4.79 Å². The molecule has 0 aliphatic heterocycles.